The van der Waals surface area contributed by atoms with Crippen molar-refractivity contribution in [2.75, 3.05) is 25.4 Å². The molecular weight excluding hydrogens is 456 g/mol. The van der Waals surface area contributed by atoms with E-state index in [1.807, 2.05) is 0 Å². The SMILES string of the molecule is B[PH]1(O)OC[C@H]2O[C@@H](n3cnc4c(=O)[nH]c(N)nc43)C(OC(=O)NCCCCCCN)[C@H]2O1. The summed E-state index contributed by atoms with van der Waals surface area (Å²) in [4.78, 5) is 45.7. The third-order valence-electron chi connectivity index (χ3n) is 5.52. The maximum absolute atomic E-state index is 12.5. The molecule has 2 aromatic rings. The Hall–Kier alpha value is -2.29. The fourth-order valence-electron chi connectivity index (χ4n) is 3.97. The zero-order valence-corrected chi connectivity index (χ0v) is 19.2. The van der Waals surface area contributed by atoms with Gasteiger partial charge in [-0.1, -0.05) is 0 Å². The number of rotatable bonds is 8. The van der Waals surface area contributed by atoms with Crippen LogP contribution in [0.2, 0.25) is 0 Å². The molecule has 16 heteroatoms. The number of nitrogen functional groups attached to an aromatic ring is 1. The van der Waals surface area contributed by atoms with Crippen LogP contribution < -0.4 is 22.3 Å². The third-order valence-corrected chi connectivity index (χ3v) is 6.94. The number of H-pyrrole nitrogens is 1. The number of fused-ring (bicyclic) bond motifs is 2. The number of alkyl carbamates (subject to hydrolysis) is 1. The molecule has 2 aliphatic heterocycles. The van der Waals surface area contributed by atoms with Crippen molar-refractivity contribution in [3.8, 4) is 0 Å². The molecule has 0 aromatic carbocycles. The molecule has 2 fully saturated rings. The molecule has 33 heavy (non-hydrogen) atoms. The Balaban J connectivity index is 1.53. The Bertz CT molecular complexity index is 1050. The van der Waals surface area contributed by atoms with Gasteiger partial charge in [0.25, 0.3) is 0 Å². The fourth-order valence-corrected chi connectivity index (χ4v) is 5.30. The standard InChI is InChI=1S/C17H29BN7O7P/c18-33(28)29-7-9-11(32-33)12(31-17(27)21-6-4-2-1-3-5-19)15(30-9)25-8-22-10-13(25)23-16(20)24-14(10)26/h8-9,11-12,15,28,33H,1-7,18-19H2,(H,21,27)(H3,20,23,24,26)/t9-,11+,12?,15-/m1/s1. The van der Waals surface area contributed by atoms with Gasteiger partial charge in [0.15, 0.2) is 0 Å². The van der Waals surface area contributed by atoms with Crippen LogP contribution in [0.1, 0.15) is 31.9 Å². The summed E-state index contributed by atoms with van der Waals surface area (Å²) in [6.45, 7) is 1.15. The molecule has 1 amide bonds. The number of carbonyl (C=O) groups excluding carboxylic acids is 1. The van der Waals surface area contributed by atoms with Crippen LogP contribution in [0.5, 0.6) is 0 Å². The number of nitrogens with one attached hydrogen (secondary N) is 2. The van der Waals surface area contributed by atoms with Gasteiger partial charge in [0, 0.05) is 0 Å². The first-order valence-electron chi connectivity index (χ1n) is 10.9. The number of imidazole rings is 1. The van der Waals surface area contributed by atoms with Crippen LogP contribution in [0.4, 0.5) is 10.7 Å². The van der Waals surface area contributed by atoms with Gasteiger partial charge in [-0.05, 0) is 0 Å². The molecule has 0 bridgehead atoms. The van der Waals surface area contributed by atoms with E-state index in [-0.39, 0.29) is 23.7 Å². The number of aromatic nitrogens is 4. The van der Waals surface area contributed by atoms with Crippen LogP contribution in [0.25, 0.3) is 11.2 Å². The van der Waals surface area contributed by atoms with E-state index in [1.165, 1.54) is 18.5 Å². The monoisotopic (exact) mass is 485 g/mol. The topological polar surface area (TPSA) is 202 Å². The number of nitrogens with two attached hydrogens (primary N) is 2. The molecule has 2 aliphatic rings. The van der Waals surface area contributed by atoms with Crippen molar-refractivity contribution in [3.05, 3.63) is 16.7 Å². The van der Waals surface area contributed by atoms with Crippen LogP contribution in [-0.2, 0) is 18.5 Å². The molecular formula is C17H29BN7O7P. The number of hydrogen-bond donors (Lipinski definition) is 5. The van der Waals surface area contributed by atoms with Gasteiger partial charge in [-0.15, -0.1) is 0 Å². The molecule has 0 spiro atoms. The number of amides is 1. The molecule has 2 saturated heterocycles. The van der Waals surface area contributed by atoms with Crippen molar-refractivity contribution in [2.45, 2.75) is 50.2 Å². The normalized spacial score (nSPS) is 27.2. The van der Waals surface area contributed by atoms with E-state index >= 15 is 0 Å². The van der Waals surface area contributed by atoms with Crippen LogP contribution in [0.15, 0.2) is 11.1 Å². The Labute approximate surface area is 190 Å². The summed E-state index contributed by atoms with van der Waals surface area (Å²) >= 11 is 0. The number of hydrogen-bond acceptors (Lipinski definition) is 11. The first kappa shape index (κ1) is 23.9. The van der Waals surface area contributed by atoms with E-state index < -0.39 is 44.0 Å². The molecule has 2 aromatic heterocycles. The van der Waals surface area contributed by atoms with E-state index in [2.05, 4.69) is 20.3 Å². The summed E-state index contributed by atoms with van der Waals surface area (Å²) in [6.07, 6.45) is 1.08. The minimum atomic E-state index is -3.42. The van der Waals surface area contributed by atoms with Gasteiger partial charge >= 0.3 is 184 Å². The van der Waals surface area contributed by atoms with Gasteiger partial charge in [-0.2, -0.15) is 0 Å². The molecule has 182 valence electrons. The van der Waals surface area contributed by atoms with Crippen LogP contribution in [-0.4, -0.2) is 76.1 Å². The van der Waals surface area contributed by atoms with Crippen molar-refractivity contribution in [1.29, 1.82) is 0 Å². The minimum absolute atomic E-state index is 0.0573. The number of aromatic amines is 1. The summed E-state index contributed by atoms with van der Waals surface area (Å²) in [7, 11) is -1.94. The molecule has 7 N–H and O–H groups in total. The average Bonchev–Trinajstić information content (AvgIpc) is 3.31. The van der Waals surface area contributed by atoms with Crippen molar-refractivity contribution < 1.29 is 28.2 Å². The predicted octanol–water partition coefficient (Wildman–Crippen LogP) is -1.34. The van der Waals surface area contributed by atoms with E-state index in [4.69, 9.17) is 30.0 Å². The zero-order valence-electron chi connectivity index (χ0n) is 18.2. The van der Waals surface area contributed by atoms with Crippen molar-refractivity contribution in [2.24, 2.45) is 5.73 Å². The van der Waals surface area contributed by atoms with Gasteiger partial charge in [0.05, 0.1) is 0 Å². The molecule has 0 aliphatic carbocycles. The van der Waals surface area contributed by atoms with E-state index in [0.29, 0.717) is 13.1 Å². The number of unbranched alkanes of at least 4 members (excludes halogenated alkanes) is 3. The van der Waals surface area contributed by atoms with Crippen LogP contribution in [0.3, 0.4) is 0 Å². The summed E-state index contributed by atoms with van der Waals surface area (Å²) in [5, 5.41) is 2.72. The van der Waals surface area contributed by atoms with Gasteiger partial charge in [-0.3, -0.25) is 0 Å². The Morgan fingerprint density at radius 3 is 3.00 bits per heavy atom. The summed E-state index contributed by atoms with van der Waals surface area (Å²) in [5.74, 6) is -0.0931. The number of ether oxygens (including phenoxy) is 2. The second-order valence-corrected chi connectivity index (χ2v) is 10.5. The fraction of sp³-hybridized carbons (Fsp3) is 0.647. The number of anilines is 1. The molecule has 1 unspecified atom stereocenters. The van der Waals surface area contributed by atoms with Crippen molar-refractivity contribution in [3.63, 3.8) is 0 Å². The van der Waals surface area contributed by atoms with Gasteiger partial charge in [-0.25, -0.2) is 0 Å². The van der Waals surface area contributed by atoms with Gasteiger partial charge < -0.3 is 5.73 Å². The quantitative estimate of drug-likeness (QED) is 0.168. The third kappa shape index (κ3) is 5.29. The zero-order chi connectivity index (χ0) is 23.6. The van der Waals surface area contributed by atoms with Gasteiger partial charge in [0.1, 0.15) is 0 Å². The molecule has 4 rings (SSSR count). The average molecular weight is 485 g/mol. The first-order chi connectivity index (χ1) is 15.8. The predicted molar refractivity (Wildman–Crippen MR) is 122 cm³/mol. The molecule has 14 nitrogen and oxygen atoms in total. The number of nitrogens with zero attached hydrogens (tertiary/aromatic N) is 3. The van der Waals surface area contributed by atoms with Crippen LogP contribution >= 0.6 is 7.82 Å². The van der Waals surface area contributed by atoms with Gasteiger partial charge in [0.2, 0.25) is 0 Å². The summed E-state index contributed by atoms with van der Waals surface area (Å²) < 4.78 is 24.4. The second kappa shape index (κ2) is 9.91. The maximum atomic E-state index is 12.5. The second-order valence-electron chi connectivity index (χ2n) is 8.13. The molecule has 0 radical (unpaired) electrons. The van der Waals surface area contributed by atoms with E-state index in [9.17, 15) is 14.5 Å². The van der Waals surface area contributed by atoms with E-state index in [0.717, 1.165) is 25.7 Å². The first-order valence-corrected chi connectivity index (χ1v) is 13.1. The van der Waals surface area contributed by atoms with Crippen molar-refractivity contribution >= 4 is 38.6 Å². The van der Waals surface area contributed by atoms with E-state index in [1.54, 1.807) is 0 Å². The molecule has 4 atom stereocenters. The number of carbonyl (C=O) groups is 1. The molecule has 0 saturated carbocycles. The summed E-state index contributed by atoms with van der Waals surface area (Å²) in [5.41, 5.74) is 10.9. The summed E-state index contributed by atoms with van der Waals surface area (Å²) in [6, 6.07) is 0. The van der Waals surface area contributed by atoms with Crippen LogP contribution in [0, 0.1) is 0 Å². The Morgan fingerprint density at radius 2 is 2.21 bits per heavy atom. The Morgan fingerprint density at radius 1 is 1.42 bits per heavy atom. The van der Waals surface area contributed by atoms with Crippen molar-refractivity contribution in [1.82, 2.24) is 24.8 Å². The Kier molecular flexibility index (Phi) is 7.17. The molecule has 4 heterocycles.